The number of fused-ring (bicyclic) bond motifs is 5. The molecule has 9 rings (SSSR count). The van der Waals surface area contributed by atoms with Gasteiger partial charge in [-0.15, -0.1) is 5.10 Å². The van der Waals surface area contributed by atoms with Gasteiger partial charge in [-0.3, -0.25) is 38.2 Å². The summed E-state index contributed by atoms with van der Waals surface area (Å²) in [7, 11) is 0. The van der Waals surface area contributed by atoms with Crippen LogP contribution in [0.5, 0.6) is 0 Å². The van der Waals surface area contributed by atoms with Crippen molar-refractivity contribution < 1.29 is 57.0 Å². The Morgan fingerprint density at radius 3 is 2.07 bits per heavy atom. The zero-order valence-corrected chi connectivity index (χ0v) is 49.6. The molecule has 1 unspecified atom stereocenters. The van der Waals surface area contributed by atoms with Gasteiger partial charge in [0.1, 0.15) is 30.3 Å². The monoisotopic (exact) mass is 1220 g/mol. The molecule has 2 saturated heterocycles. The lowest BCUT2D eigenvalue weighted by molar-refractivity contribution is -0.135. The first-order chi connectivity index (χ1) is 42.2. The number of ether oxygens (including phenoxy) is 3. The van der Waals surface area contributed by atoms with Crippen molar-refractivity contribution in [3.8, 4) is 0 Å². The number of carbonyl (C=O) groups is 8. The van der Waals surface area contributed by atoms with Crippen LogP contribution in [0.1, 0.15) is 93.0 Å². The molecule has 3 aromatic heterocycles. The van der Waals surface area contributed by atoms with E-state index in [1.165, 1.54) is 24.3 Å². The first-order valence-corrected chi connectivity index (χ1v) is 31.2. The zero-order chi connectivity index (χ0) is 61.1. The number of halogens is 1. The highest BCUT2D eigenvalue weighted by atomic mass is 32.2. The lowest BCUT2D eigenvalue weighted by Crippen LogP contribution is -2.55. The molecule has 87 heavy (non-hydrogen) atoms. The number of thioether (sulfide) groups is 1. The van der Waals surface area contributed by atoms with Crippen LogP contribution in [-0.4, -0.2) is 153 Å². The number of aromatic amines is 2. The predicted molar refractivity (Wildman–Crippen MR) is 324 cm³/mol. The van der Waals surface area contributed by atoms with Crippen LogP contribution in [0, 0.1) is 17.7 Å². The average Bonchev–Trinajstić information content (AvgIpc) is 2.51. The van der Waals surface area contributed by atoms with E-state index in [2.05, 4.69) is 46.9 Å². The van der Waals surface area contributed by atoms with Crippen molar-refractivity contribution in [3.63, 3.8) is 0 Å². The Hall–Kier alpha value is -7.80. The average molecular weight is 1220 g/mol. The van der Waals surface area contributed by atoms with Gasteiger partial charge >= 0.3 is 6.03 Å². The van der Waals surface area contributed by atoms with Crippen LogP contribution in [0.2, 0.25) is 0 Å². The minimum Gasteiger partial charge on any atom is -0.379 e. The van der Waals surface area contributed by atoms with Crippen molar-refractivity contribution in [2.45, 2.75) is 138 Å². The maximum absolute atomic E-state index is 15.2. The Bertz CT molecular complexity index is 3330. The van der Waals surface area contributed by atoms with E-state index >= 15 is 4.79 Å². The van der Waals surface area contributed by atoms with Gasteiger partial charge in [0.15, 0.2) is 11.6 Å². The Kier molecular flexibility index (Phi) is 23.2. The number of rotatable bonds is 26. The van der Waals surface area contributed by atoms with Gasteiger partial charge in [0.05, 0.1) is 56.2 Å². The number of nitrogens with one attached hydrogen (secondary N) is 7. The second-order valence-electron chi connectivity index (χ2n) is 22.8. The van der Waals surface area contributed by atoms with Crippen molar-refractivity contribution in [2.24, 2.45) is 17.6 Å². The third kappa shape index (κ3) is 18.6. The number of para-hydroxylation sites is 2. The van der Waals surface area contributed by atoms with Gasteiger partial charge in [0, 0.05) is 115 Å². The van der Waals surface area contributed by atoms with Gasteiger partial charge < -0.3 is 56.5 Å². The second-order valence-corrected chi connectivity index (χ2v) is 24.1. The van der Waals surface area contributed by atoms with Crippen LogP contribution < -0.4 is 32.3 Å². The molecular weight excluding hydrogens is 1140 g/mol. The van der Waals surface area contributed by atoms with Crippen molar-refractivity contribution in [2.75, 3.05) is 45.4 Å². The lowest BCUT2D eigenvalue weighted by Gasteiger charge is -2.26. The normalized spacial score (nSPS) is 22.4. The third-order valence-electron chi connectivity index (χ3n) is 16.3. The first-order valence-electron chi connectivity index (χ1n) is 30.1. The molecule has 6 amide bonds. The number of ketones is 3. The number of amides is 6. The number of H-pyrrole nitrogens is 2. The van der Waals surface area contributed by atoms with Crippen LogP contribution in [0.4, 0.5) is 9.18 Å². The molecule has 464 valence electrons. The van der Waals surface area contributed by atoms with E-state index in [1.54, 1.807) is 23.3 Å². The fourth-order valence-corrected chi connectivity index (χ4v) is 13.2. The summed E-state index contributed by atoms with van der Waals surface area (Å²) in [4.78, 5) is 117. The van der Waals surface area contributed by atoms with E-state index in [9.17, 15) is 38.0 Å². The molecular formula is C63H78FN11O11S. The standard InChI is InChI=1S/C63H78FN11O11S/c64-44-20-18-39(19-21-44)28-54-62(82)68-52(59(65)79)16-7-8-22-75-36-45(73-74-75)30-41(31-47(77)37-86-27-26-85-25-24-84-23-9-11-46(76)10-1-6-17-57-58-55(38-87-57)71-63(83)72-58)61(81)69-53(32-43-35-67-51-15-5-3-13-49(43)51)56(78)33-40(60(80)70-54)29-42-34-66-50-14-4-2-12-48(42)50/h2-5,12-15,18-21,34-36,40-41,52-55,57-58,66-67H,1,6-11,16-17,22-33,37-38H2,(H2,65,79)(H,68,82)(H,69,81)(H,70,80)(H2,71,72,83)/t40-,41+,52-,53+,54-,55-,57?,58-/m0/s1. The molecule has 6 heterocycles. The highest BCUT2D eigenvalue weighted by Gasteiger charge is 2.42. The maximum Gasteiger partial charge on any atom is 0.315 e. The molecule has 0 aliphatic carbocycles. The third-order valence-corrected chi connectivity index (χ3v) is 17.8. The van der Waals surface area contributed by atoms with Gasteiger partial charge in [-0.1, -0.05) is 60.2 Å². The number of benzene rings is 3. The van der Waals surface area contributed by atoms with Crippen molar-refractivity contribution in [3.05, 3.63) is 120 Å². The van der Waals surface area contributed by atoms with Crippen LogP contribution >= 0.6 is 11.8 Å². The number of unbranched alkanes of at least 4 members (excludes halogenated alkanes) is 1. The predicted octanol–water partition coefficient (Wildman–Crippen LogP) is 5.05. The van der Waals surface area contributed by atoms with Crippen molar-refractivity contribution in [1.82, 2.24) is 51.5 Å². The number of hydrogen-bond donors (Lipinski definition) is 8. The fraction of sp³-hybridized carbons (Fsp3) is 0.492. The molecule has 0 spiro atoms. The molecule has 0 radical (unpaired) electrons. The van der Waals surface area contributed by atoms with Crippen molar-refractivity contribution >= 4 is 80.6 Å². The summed E-state index contributed by atoms with van der Waals surface area (Å²) < 4.78 is 32.8. The Balaban J connectivity index is 0.844. The molecule has 22 nitrogen and oxygen atoms in total. The molecule has 3 aliphatic heterocycles. The Morgan fingerprint density at radius 2 is 1.33 bits per heavy atom. The summed E-state index contributed by atoms with van der Waals surface area (Å²) >= 11 is 1.88. The number of urea groups is 1. The van der Waals surface area contributed by atoms with Gasteiger partial charge in [-0.25, -0.2) is 9.18 Å². The van der Waals surface area contributed by atoms with Crippen LogP contribution in [0.25, 0.3) is 21.8 Å². The van der Waals surface area contributed by atoms with Crippen LogP contribution in [-0.2, 0) is 80.0 Å². The molecule has 24 heteroatoms. The minimum absolute atomic E-state index is 0.00881. The van der Waals surface area contributed by atoms with Crippen LogP contribution in [0.15, 0.2) is 91.4 Å². The molecule has 8 atom stereocenters. The summed E-state index contributed by atoms with van der Waals surface area (Å²) in [6, 6.07) is 17.1. The summed E-state index contributed by atoms with van der Waals surface area (Å²) in [6.07, 6.45) is 9.80. The smallest absolute Gasteiger partial charge is 0.315 e. The second kappa shape index (κ2) is 31.7. The topological polar surface area (TPSA) is 313 Å². The number of aromatic nitrogens is 5. The first kappa shape index (κ1) is 63.7. The Morgan fingerprint density at radius 1 is 0.667 bits per heavy atom. The van der Waals surface area contributed by atoms with Crippen molar-refractivity contribution in [1.29, 1.82) is 0 Å². The zero-order valence-electron chi connectivity index (χ0n) is 48.7. The molecule has 2 bridgehead atoms. The number of Topliss-reactive ketones (excluding diaryl/α,β-unsaturated/α-hetero) is 3. The quantitative estimate of drug-likeness (QED) is 0.0261. The summed E-state index contributed by atoms with van der Waals surface area (Å²) in [6.45, 7) is 1.30. The lowest BCUT2D eigenvalue weighted by atomic mass is 9.88. The number of hydrogen-bond acceptors (Lipinski definition) is 14. The van der Waals surface area contributed by atoms with E-state index < -0.39 is 71.6 Å². The molecule has 3 aliphatic rings. The number of primary amides is 1. The summed E-state index contributed by atoms with van der Waals surface area (Å²) in [5.41, 5.74) is 9.80. The van der Waals surface area contributed by atoms with E-state index in [0.717, 1.165) is 52.4 Å². The number of nitrogens with two attached hydrogens (primary N) is 1. The van der Waals surface area contributed by atoms with Gasteiger partial charge in [-0.05, 0) is 85.9 Å². The minimum atomic E-state index is -1.30. The molecule has 6 aromatic rings. The maximum atomic E-state index is 15.2. The fourth-order valence-electron chi connectivity index (χ4n) is 11.6. The highest BCUT2D eigenvalue weighted by Crippen LogP contribution is 2.33. The van der Waals surface area contributed by atoms with Crippen LogP contribution in [0.3, 0.4) is 0 Å². The summed E-state index contributed by atoms with van der Waals surface area (Å²) in [5, 5.41) is 25.2. The largest absolute Gasteiger partial charge is 0.379 e. The van der Waals surface area contributed by atoms with Gasteiger partial charge in [0.25, 0.3) is 0 Å². The molecule has 2 fully saturated rings. The van der Waals surface area contributed by atoms with E-state index in [1.807, 2.05) is 60.3 Å². The molecule has 9 N–H and O–H groups in total. The molecule has 0 saturated carbocycles. The van der Waals surface area contributed by atoms with E-state index in [-0.39, 0.29) is 94.6 Å². The van der Waals surface area contributed by atoms with E-state index in [4.69, 9.17) is 19.9 Å². The number of nitrogens with zero attached hydrogens (tertiary/aromatic N) is 3. The Labute approximate surface area is 507 Å². The highest BCUT2D eigenvalue weighted by molar-refractivity contribution is 8.00. The summed E-state index contributed by atoms with van der Waals surface area (Å²) in [5.74, 6) is -5.17. The molecule has 3 aromatic carbocycles. The van der Waals surface area contributed by atoms with Gasteiger partial charge in [-0.2, -0.15) is 11.8 Å². The number of aryl methyl sites for hydroxylation is 1. The number of carbonyl (C=O) groups excluding carboxylic acids is 8. The van der Waals surface area contributed by atoms with E-state index in [0.29, 0.717) is 73.9 Å². The SMILES string of the molecule is NC(=O)[C@@H]1CCCCn2cc(nn2)C[C@H](CC(=O)COCCOCCOCCCC(=O)CCCCC2SC[C@@H]3NC(=O)N[C@H]23)C(=O)N[C@H](Cc2c[nH]c3ccccc23)C(=O)C[C@H](Cc2c[nH]c3ccccc23)C(=O)N[C@@H](Cc2ccc(F)cc2)C(=O)N1. The van der Waals surface area contributed by atoms with Gasteiger partial charge in [0.2, 0.25) is 23.6 Å².